The summed E-state index contributed by atoms with van der Waals surface area (Å²) in [5.74, 6) is 1.68. The molecule has 0 N–H and O–H groups in total. The van der Waals surface area contributed by atoms with Crippen molar-refractivity contribution < 1.29 is 4.74 Å². The summed E-state index contributed by atoms with van der Waals surface area (Å²) in [6, 6.07) is 0. The van der Waals surface area contributed by atoms with Crippen molar-refractivity contribution in [1.82, 2.24) is 0 Å². The lowest BCUT2D eigenvalue weighted by Gasteiger charge is -2.17. The third kappa shape index (κ3) is 0.710. The Morgan fingerprint density at radius 3 is 1.67 bits per heavy atom. The molecule has 0 spiro atoms. The van der Waals surface area contributed by atoms with Crippen LogP contribution in [0.3, 0.4) is 0 Å². The number of hydrogen-bond acceptors (Lipinski definition) is 1. The van der Waals surface area contributed by atoms with Crippen LogP contribution in [0.2, 0.25) is 0 Å². The molecule has 3 unspecified atom stereocenters. The van der Waals surface area contributed by atoms with Crippen molar-refractivity contribution in [3.8, 4) is 0 Å². The first kappa shape index (κ1) is 5.72. The highest BCUT2D eigenvalue weighted by atomic mass is 16.5. The fourth-order valence-electron chi connectivity index (χ4n) is 2.10. The second-order valence-electron chi connectivity index (χ2n) is 3.64. The average Bonchev–Trinajstić information content (AvgIpc) is 2.24. The minimum Gasteiger partial charge on any atom is -0.374 e. The molecule has 2 saturated heterocycles. The predicted molar refractivity (Wildman–Crippen MR) is 36.2 cm³/mol. The van der Waals surface area contributed by atoms with Gasteiger partial charge in [-0.25, -0.2) is 0 Å². The van der Waals surface area contributed by atoms with Crippen molar-refractivity contribution in [2.75, 3.05) is 0 Å². The maximum atomic E-state index is 5.70. The van der Waals surface area contributed by atoms with Crippen LogP contribution >= 0.6 is 0 Å². The van der Waals surface area contributed by atoms with Crippen LogP contribution in [0.5, 0.6) is 0 Å². The summed E-state index contributed by atoms with van der Waals surface area (Å²) < 4.78 is 5.70. The lowest BCUT2D eigenvalue weighted by atomic mass is 9.84. The molecule has 0 aromatic heterocycles. The normalized spacial score (nSPS) is 56.7. The Morgan fingerprint density at radius 2 is 1.44 bits per heavy atom. The molecule has 1 nitrogen and oxygen atoms in total. The maximum absolute atomic E-state index is 5.70. The van der Waals surface area contributed by atoms with Crippen LogP contribution in [-0.2, 0) is 4.74 Å². The van der Waals surface area contributed by atoms with E-state index in [-0.39, 0.29) is 0 Å². The summed E-state index contributed by atoms with van der Waals surface area (Å²) >= 11 is 0. The third-order valence-electron chi connectivity index (χ3n) is 2.83. The Hall–Kier alpha value is -0.0400. The van der Waals surface area contributed by atoms with Crippen LogP contribution in [-0.4, -0.2) is 12.2 Å². The van der Waals surface area contributed by atoms with Gasteiger partial charge in [-0.2, -0.15) is 0 Å². The molecule has 0 radical (unpaired) electrons. The van der Waals surface area contributed by atoms with Gasteiger partial charge in [0.05, 0.1) is 12.2 Å². The van der Waals surface area contributed by atoms with E-state index in [2.05, 4.69) is 13.8 Å². The summed E-state index contributed by atoms with van der Waals surface area (Å²) in [5, 5.41) is 0. The average molecular weight is 126 g/mol. The molecule has 2 heterocycles. The van der Waals surface area contributed by atoms with Crippen molar-refractivity contribution in [2.24, 2.45) is 11.8 Å². The van der Waals surface area contributed by atoms with Crippen LogP contribution in [0.1, 0.15) is 26.7 Å². The van der Waals surface area contributed by atoms with Crippen LogP contribution in [0.4, 0.5) is 0 Å². The van der Waals surface area contributed by atoms with Gasteiger partial charge in [-0.3, -0.25) is 0 Å². The van der Waals surface area contributed by atoms with Crippen LogP contribution in [0, 0.1) is 11.8 Å². The molecule has 2 bridgehead atoms. The quantitative estimate of drug-likeness (QED) is 0.481. The first-order valence-electron chi connectivity index (χ1n) is 3.93. The second kappa shape index (κ2) is 1.72. The standard InChI is InChI=1S/C8H14O/c1-5-3-8-6(2)4-7(5)9-8/h5-8H,3-4H2,1-2H3/t5-,6?,7?,8?/m1/s1. The fraction of sp³-hybridized carbons (Fsp3) is 1.00. The van der Waals surface area contributed by atoms with Gasteiger partial charge in [0, 0.05) is 0 Å². The second-order valence-corrected chi connectivity index (χ2v) is 3.64. The zero-order chi connectivity index (χ0) is 6.43. The lowest BCUT2D eigenvalue weighted by Crippen LogP contribution is -2.18. The molecular weight excluding hydrogens is 112 g/mol. The van der Waals surface area contributed by atoms with Gasteiger partial charge in [0.15, 0.2) is 0 Å². The molecule has 4 atom stereocenters. The largest absolute Gasteiger partial charge is 0.374 e. The van der Waals surface area contributed by atoms with E-state index in [9.17, 15) is 0 Å². The Bertz CT molecular complexity index is 104. The summed E-state index contributed by atoms with van der Waals surface area (Å²) in [5.41, 5.74) is 0. The summed E-state index contributed by atoms with van der Waals surface area (Å²) in [6.07, 6.45) is 3.85. The molecule has 0 aromatic rings. The molecular formula is C8H14O. The molecule has 0 amide bonds. The highest BCUT2D eigenvalue weighted by molar-refractivity contribution is 4.91. The highest BCUT2D eigenvalue weighted by Gasteiger charge is 2.42. The van der Waals surface area contributed by atoms with Crippen molar-refractivity contribution in [3.63, 3.8) is 0 Å². The third-order valence-corrected chi connectivity index (χ3v) is 2.83. The number of rotatable bonds is 0. The Balaban J connectivity index is 2.10. The van der Waals surface area contributed by atoms with E-state index in [0.717, 1.165) is 11.8 Å². The van der Waals surface area contributed by atoms with E-state index in [1.807, 2.05) is 0 Å². The van der Waals surface area contributed by atoms with Gasteiger partial charge in [0.1, 0.15) is 0 Å². The molecule has 2 rings (SSSR count). The van der Waals surface area contributed by atoms with E-state index in [4.69, 9.17) is 4.74 Å². The maximum Gasteiger partial charge on any atom is 0.0609 e. The van der Waals surface area contributed by atoms with E-state index in [1.165, 1.54) is 12.8 Å². The van der Waals surface area contributed by atoms with E-state index in [0.29, 0.717) is 12.2 Å². The molecule has 2 aliphatic heterocycles. The van der Waals surface area contributed by atoms with Crippen LogP contribution in [0.15, 0.2) is 0 Å². The molecule has 0 aromatic carbocycles. The van der Waals surface area contributed by atoms with Crippen molar-refractivity contribution in [3.05, 3.63) is 0 Å². The van der Waals surface area contributed by atoms with Crippen LogP contribution < -0.4 is 0 Å². The first-order chi connectivity index (χ1) is 4.27. The molecule has 0 saturated carbocycles. The molecule has 0 aliphatic carbocycles. The van der Waals surface area contributed by atoms with Gasteiger partial charge in [-0.05, 0) is 24.7 Å². The molecule has 9 heavy (non-hydrogen) atoms. The number of fused-ring (bicyclic) bond motifs is 2. The van der Waals surface area contributed by atoms with E-state index in [1.54, 1.807) is 0 Å². The van der Waals surface area contributed by atoms with E-state index >= 15 is 0 Å². The van der Waals surface area contributed by atoms with E-state index < -0.39 is 0 Å². The van der Waals surface area contributed by atoms with Gasteiger partial charge < -0.3 is 4.74 Å². The van der Waals surface area contributed by atoms with Gasteiger partial charge >= 0.3 is 0 Å². The number of ether oxygens (including phenoxy) is 1. The summed E-state index contributed by atoms with van der Waals surface area (Å²) in [4.78, 5) is 0. The summed E-state index contributed by atoms with van der Waals surface area (Å²) in [6.45, 7) is 4.60. The minimum atomic E-state index is 0.616. The van der Waals surface area contributed by atoms with Gasteiger partial charge in [0.25, 0.3) is 0 Å². The van der Waals surface area contributed by atoms with Crippen molar-refractivity contribution in [2.45, 2.75) is 38.9 Å². The monoisotopic (exact) mass is 126 g/mol. The molecule has 2 aliphatic rings. The Labute approximate surface area is 56.4 Å². The zero-order valence-electron chi connectivity index (χ0n) is 6.13. The SMILES string of the molecule is CC1CC2OC1C[C@H]2C. The molecule has 52 valence electrons. The fourth-order valence-corrected chi connectivity index (χ4v) is 2.10. The Morgan fingerprint density at radius 1 is 1.00 bits per heavy atom. The highest BCUT2D eigenvalue weighted by Crippen LogP contribution is 2.41. The molecule has 2 fully saturated rings. The first-order valence-corrected chi connectivity index (χ1v) is 3.93. The summed E-state index contributed by atoms with van der Waals surface area (Å²) in [7, 11) is 0. The van der Waals surface area contributed by atoms with Crippen molar-refractivity contribution >= 4 is 0 Å². The van der Waals surface area contributed by atoms with Gasteiger partial charge in [0.2, 0.25) is 0 Å². The Kier molecular flexibility index (Phi) is 1.10. The van der Waals surface area contributed by atoms with Gasteiger partial charge in [-0.1, -0.05) is 13.8 Å². The lowest BCUT2D eigenvalue weighted by molar-refractivity contribution is 0.0877. The minimum absolute atomic E-state index is 0.616. The number of hydrogen-bond donors (Lipinski definition) is 0. The predicted octanol–water partition coefficient (Wildman–Crippen LogP) is 1.82. The zero-order valence-corrected chi connectivity index (χ0v) is 6.13. The van der Waals surface area contributed by atoms with Crippen LogP contribution in [0.25, 0.3) is 0 Å². The smallest absolute Gasteiger partial charge is 0.0609 e. The van der Waals surface area contributed by atoms with Crippen molar-refractivity contribution in [1.29, 1.82) is 0 Å². The topological polar surface area (TPSA) is 9.23 Å². The molecule has 1 heteroatoms. The van der Waals surface area contributed by atoms with Gasteiger partial charge in [-0.15, -0.1) is 0 Å².